The third-order valence-corrected chi connectivity index (χ3v) is 2.30. The Morgan fingerprint density at radius 1 is 1.37 bits per heavy atom. The first-order valence-electron chi connectivity index (χ1n) is 5.58. The number of halogens is 4. The Labute approximate surface area is 108 Å². The monoisotopic (exact) mass is 275 g/mol. The first-order valence-corrected chi connectivity index (χ1v) is 5.58. The van der Waals surface area contributed by atoms with E-state index in [4.69, 9.17) is 0 Å². The second-order valence-corrected chi connectivity index (χ2v) is 3.90. The minimum Gasteiger partial charge on any atom is -0.356 e. The van der Waals surface area contributed by atoms with Crippen LogP contribution in [0.5, 0.6) is 0 Å². The van der Waals surface area contributed by atoms with E-state index in [0.29, 0.717) is 19.0 Å². The SMILES string of the molecule is CC(=O)NCCC=Cc1ccc(F)cc1C(F)(F)F. The van der Waals surface area contributed by atoms with Gasteiger partial charge in [0.15, 0.2) is 0 Å². The number of hydrogen-bond donors (Lipinski definition) is 1. The molecule has 0 aliphatic heterocycles. The van der Waals surface area contributed by atoms with E-state index in [1.165, 1.54) is 19.1 Å². The highest BCUT2D eigenvalue weighted by atomic mass is 19.4. The number of benzene rings is 1. The molecule has 0 aromatic heterocycles. The molecule has 0 saturated carbocycles. The number of amides is 1. The van der Waals surface area contributed by atoms with Gasteiger partial charge < -0.3 is 5.32 Å². The molecule has 0 heterocycles. The van der Waals surface area contributed by atoms with Gasteiger partial charge in [0.2, 0.25) is 5.91 Å². The fraction of sp³-hybridized carbons (Fsp3) is 0.308. The molecule has 0 bridgehead atoms. The second kappa shape index (κ2) is 6.36. The first-order chi connectivity index (χ1) is 8.80. The number of hydrogen-bond acceptors (Lipinski definition) is 1. The Morgan fingerprint density at radius 2 is 2.05 bits per heavy atom. The van der Waals surface area contributed by atoms with Crippen molar-refractivity contribution >= 4 is 12.0 Å². The van der Waals surface area contributed by atoms with Gasteiger partial charge in [0.25, 0.3) is 0 Å². The Kier molecular flexibility index (Phi) is 5.09. The van der Waals surface area contributed by atoms with Gasteiger partial charge in [-0.15, -0.1) is 0 Å². The lowest BCUT2D eigenvalue weighted by molar-refractivity contribution is -0.137. The first kappa shape index (κ1) is 15.2. The van der Waals surface area contributed by atoms with E-state index < -0.39 is 17.6 Å². The highest BCUT2D eigenvalue weighted by Crippen LogP contribution is 2.33. The molecule has 19 heavy (non-hydrogen) atoms. The zero-order chi connectivity index (χ0) is 14.5. The maximum Gasteiger partial charge on any atom is 0.417 e. The summed E-state index contributed by atoms with van der Waals surface area (Å²) >= 11 is 0. The molecule has 0 spiro atoms. The van der Waals surface area contributed by atoms with Crippen LogP contribution in [0.1, 0.15) is 24.5 Å². The van der Waals surface area contributed by atoms with Crippen LogP contribution in [0.2, 0.25) is 0 Å². The van der Waals surface area contributed by atoms with Gasteiger partial charge in [-0.05, 0) is 24.1 Å². The Balaban J connectivity index is 2.78. The molecule has 6 heteroatoms. The molecule has 1 N–H and O–H groups in total. The van der Waals surface area contributed by atoms with Crippen molar-refractivity contribution in [2.75, 3.05) is 6.54 Å². The van der Waals surface area contributed by atoms with E-state index in [9.17, 15) is 22.4 Å². The van der Waals surface area contributed by atoms with Gasteiger partial charge in [-0.2, -0.15) is 13.2 Å². The molecule has 1 amide bonds. The molecule has 0 radical (unpaired) electrons. The third kappa shape index (κ3) is 5.11. The van der Waals surface area contributed by atoms with Crippen LogP contribution in [-0.2, 0) is 11.0 Å². The number of rotatable bonds is 4. The largest absolute Gasteiger partial charge is 0.417 e. The van der Waals surface area contributed by atoms with Crippen molar-refractivity contribution < 1.29 is 22.4 Å². The number of alkyl halides is 3. The molecular formula is C13H13F4NO. The van der Waals surface area contributed by atoms with Gasteiger partial charge in [0.05, 0.1) is 5.56 Å². The number of nitrogens with one attached hydrogen (secondary N) is 1. The zero-order valence-corrected chi connectivity index (χ0v) is 10.2. The average Bonchev–Trinajstić information content (AvgIpc) is 2.28. The van der Waals surface area contributed by atoms with Crippen LogP contribution in [0.3, 0.4) is 0 Å². The molecule has 1 aromatic rings. The quantitative estimate of drug-likeness (QED) is 0.662. The summed E-state index contributed by atoms with van der Waals surface area (Å²) in [6.45, 7) is 1.69. The molecule has 0 fully saturated rings. The van der Waals surface area contributed by atoms with Crippen molar-refractivity contribution in [3.05, 3.63) is 41.2 Å². The maximum absolute atomic E-state index is 12.8. The summed E-state index contributed by atoms with van der Waals surface area (Å²) in [5.41, 5.74) is -1.11. The lowest BCUT2D eigenvalue weighted by atomic mass is 10.1. The van der Waals surface area contributed by atoms with Crippen LogP contribution < -0.4 is 5.32 Å². The van der Waals surface area contributed by atoms with Crippen LogP contribution in [0, 0.1) is 5.82 Å². The Hall–Kier alpha value is -1.85. The lowest BCUT2D eigenvalue weighted by Crippen LogP contribution is -2.20. The molecule has 1 rings (SSSR count). The molecule has 0 saturated heterocycles. The van der Waals surface area contributed by atoms with Crippen LogP contribution in [0.25, 0.3) is 6.08 Å². The standard InChI is InChI=1S/C13H13F4NO/c1-9(19)18-7-3-2-4-10-5-6-11(14)8-12(10)13(15,16)17/h2,4-6,8H,3,7H2,1H3,(H,18,19). The van der Waals surface area contributed by atoms with Gasteiger partial charge in [-0.25, -0.2) is 4.39 Å². The van der Waals surface area contributed by atoms with Gasteiger partial charge in [-0.1, -0.05) is 18.2 Å². The minimum atomic E-state index is -4.60. The van der Waals surface area contributed by atoms with Gasteiger partial charge >= 0.3 is 6.18 Å². The summed E-state index contributed by atoms with van der Waals surface area (Å²) in [4.78, 5) is 10.6. The summed E-state index contributed by atoms with van der Waals surface area (Å²) in [5.74, 6) is -1.13. The molecule has 104 valence electrons. The lowest BCUT2D eigenvalue weighted by Gasteiger charge is -2.10. The molecular weight excluding hydrogens is 262 g/mol. The van der Waals surface area contributed by atoms with Gasteiger partial charge in [-0.3, -0.25) is 4.79 Å². The summed E-state index contributed by atoms with van der Waals surface area (Å²) in [6, 6.07) is 2.52. The molecule has 0 aliphatic rings. The summed E-state index contributed by atoms with van der Waals surface area (Å²) in [7, 11) is 0. The van der Waals surface area contributed by atoms with Crippen molar-refractivity contribution in [3.8, 4) is 0 Å². The van der Waals surface area contributed by atoms with E-state index in [1.54, 1.807) is 0 Å². The number of carbonyl (C=O) groups excluding carboxylic acids is 1. The highest BCUT2D eigenvalue weighted by molar-refractivity contribution is 5.72. The second-order valence-electron chi connectivity index (χ2n) is 3.90. The van der Waals surface area contributed by atoms with Gasteiger partial charge in [0.1, 0.15) is 5.82 Å². The molecule has 0 unspecified atom stereocenters. The zero-order valence-electron chi connectivity index (χ0n) is 10.2. The smallest absolute Gasteiger partial charge is 0.356 e. The van der Waals surface area contributed by atoms with Crippen LogP contribution in [-0.4, -0.2) is 12.5 Å². The van der Waals surface area contributed by atoms with E-state index in [-0.39, 0.29) is 11.5 Å². The van der Waals surface area contributed by atoms with E-state index >= 15 is 0 Å². The van der Waals surface area contributed by atoms with Crippen molar-refractivity contribution in [1.82, 2.24) is 5.32 Å². The maximum atomic E-state index is 12.8. The fourth-order valence-electron chi connectivity index (χ4n) is 1.46. The predicted molar refractivity (Wildman–Crippen MR) is 63.7 cm³/mol. The predicted octanol–water partition coefficient (Wildman–Crippen LogP) is 3.38. The average molecular weight is 275 g/mol. The Morgan fingerprint density at radius 3 is 2.63 bits per heavy atom. The summed E-state index contributed by atoms with van der Waals surface area (Å²) < 4.78 is 50.8. The molecule has 0 atom stereocenters. The van der Waals surface area contributed by atoms with E-state index in [0.717, 1.165) is 12.1 Å². The highest BCUT2D eigenvalue weighted by Gasteiger charge is 2.33. The van der Waals surface area contributed by atoms with Crippen molar-refractivity contribution in [2.45, 2.75) is 19.5 Å². The van der Waals surface area contributed by atoms with Crippen LogP contribution in [0.15, 0.2) is 24.3 Å². The fourth-order valence-corrected chi connectivity index (χ4v) is 1.46. The topological polar surface area (TPSA) is 29.1 Å². The van der Waals surface area contributed by atoms with Crippen LogP contribution in [0.4, 0.5) is 17.6 Å². The van der Waals surface area contributed by atoms with Crippen LogP contribution >= 0.6 is 0 Å². The summed E-state index contributed by atoms with van der Waals surface area (Å²) in [5, 5.41) is 2.51. The Bertz CT molecular complexity index is 480. The summed E-state index contributed by atoms with van der Waals surface area (Å²) in [6.07, 6.45) is -1.43. The molecule has 2 nitrogen and oxygen atoms in total. The minimum absolute atomic E-state index is 0.100. The van der Waals surface area contributed by atoms with Crippen molar-refractivity contribution in [1.29, 1.82) is 0 Å². The molecule has 0 aliphatic carbocycles. The van der Waals surface area contributed by atoms with Crippen molar-refractivity contribution in [3.63, 3.8) is 0 Å². The van der Waals surface area contributed by atoms with E-state index in [2.05, 4.69) is 5.32 Å². The normalized spacial score (nSPS) is 11.8. The molecule has 1 aromatic carbocycles. The number of carbonyl (C=O) groups is 1. The van der Waals surface area contributed by atoms with Crippen molar-refractivity contribution in [2.24, 2.45) is 0 Å². The van der Waals surface area contributed by atoms with Gasteiger partial charge in [0, 0.05) is 13.5 Å². The van der Waals surface area contributed by atoms with E-state index in [1.807, 2.05) is 0 Å². The third-order valence-electron chi connectivity index (χ3n) is 2.30.